The van der Waals surface area contributed by atoms with Gasteiger partial charge in [0, 0.05) is 6.07 Å². The Kier molecular flexibility index (Phi) is 3.58. The fourth-order valence-electron chi connectivity index (χ4n) is 1.29. The Hall–Kier alpha value is -1.93. The second kappa shape index (κ2) is 5.15. The van der Waals surface area contributed by atoms with Crippen LogP contribution in [0, 0.1) is 23.5 Å². The summed E-state index contributed by atoms with van der Waals surface area (Å²) < 4.78 is 38.4. The monoisotopic (exact) mass is 270 g/mol. The Balaban J connectivity index is 2.35. The van der Waals surface area contributed by atoms with Gasteiger partial charge in [-0.05, 0) is 18.1 Å². The third kappa shape index (κ3) is 2.66. The van der Waals surface area contributed by atoms with Crippen LogP contribution in [0.4, 0.5) is 13.2 Å². The van der Waals surface area contributed by atoms with E-state index in [1.165, 1.54) is 6.07 Å². The number of aromatic nitrogens is 2. The Labute approximate surface area is 106 Å². The van der Waals surface area contributed by atoms with Gasteiger partial charge in [-0.25, -0.2) is 13.2 Å². The van der Waals surface area contributed by atoms with Crippen molar-refractivity contribution in [2.24, 2.45) is 0 Å². The molecule has 0 radical (unpaired) electrons. The molecule has 0 amide bonds. The summed E-state index contributed by atoms with van der Waals surface area (Å²) in [7, 11) is 0. The van der Waals surface area contributed by atoms with E-state index in [0.29, 0.717) is 11.8 Å². The van der Waals surface area contributed by atoms with E-state index in [4.69, 9.17) is 11.6 Å². The van der Waals surface area contributed by atoms with E-state index in [0.717, 1.165) is 6.07 Å². The molecule has 0 saturated carbocycles. The van der Waals surface area contributed by atoms with Crippen LogP contribution in [-0.2, 0) is 6.67 Å². The summed E-state index contributed by atoms with van der Waals surface area (Å²) in [5, 5.41) is 5.97. The first kappa shape index (κ1) is 12.5. The molecule has 1 aromatic carbocycles. The first-order valence-corrected chi connectivity index (χ1v) is 5.24. The molecule has 0 atom stereocenters. The highest BCUT2D eigenvalue weighted by Crippen LogP contribution is 2.20. The van der Waals surface area contributed by atoms with E-state index in [1.54, 1.807) is 0 Å². The fourth-order valence-corrected chi connectivity index (χ4v) is 1.53. The van der Waals surface area contributed by atoms with Crippen LogP contribution >= 0.6 is 11.6 Å². The van der Waals surface area contributed by atoms with Crippen molar-refractivity contribution in [3.05, 3.63) is 51.8 Å². The van der Waals surface area contributed by atoms with Crippen LogP contribution < -0.4 is 0 Å². The molecule has 18 heavy (non-hydrogen) atoms. The van der Waals surface area contributed by atoms with Crippen LogP contribution in [0.3, 0.4) is 0 Å². The fraction of sp³-hybridized carbons (Fsp3) is 0.0833. The highest BCUT2D eigenvalue weighted by Gasteiger charge is 2.07. The van der Waals surface area contributed by atoms with Gasteiger partial charge in [-0.15, -0.1) is 0 Å². The van der Waals surface area contributed by atoms with Crippen LogP contribution in [-0.4, -0.2) is 10.2 Å². The van der Waals surface area contributed by atoms with E-state index < -0.39 is 18.3 Å². The molecule has 1 aromatic heterocycles. The topological polar surface area (TPSA) is 28.7 Å². The number of nitrogens with zero attached hydrogens (tertiary/aromatic N) is 1. The van der Waals surface area contributed by atoms with E-state index in [2.05, 4.69) is 22.0 Å². The summed E-state index contributed by atoms with van der Waals surface area (Å²) in [4.78, 5) is 0. The standard InChI is InChI=1S/C12H6ClF3N2/c13-11-3-7(15)4-12(16)10(11)2-1-8-5-9(6-14)18-17-8/h3-5H,6H2,(H,17,18). The van der Waals surface area contributed by atoms with Gasteiger partial charge in [0.15, 0.2) is 0 Å². The predicted octanol–water partition coefficient (Wildman–Crippen LogP) is 3.21. The first-order valence-electron chi connectivity index (χ1n) is 4.87. The van der Waals surface area contributed by atoms with Gasteiger partial charge in [0.25, 0.3) is 0 Å². The molecular weight excluding hydrogens is 265 g/mol. The molecule has 0 saturated heterocycles. The highest BCUT2D eigenvalue weighted by molar-refractivity contribution is 6.31. The third-order valence-electron chi connectivity index (χ3n) is 2.10. The van der Waals surface area contributed by atoms with E-state index in [9.17, 15) is 13.2 Å². The molecule has 0 spiro atoms. The largest absolute Gasteiger partial charge is 0.270 e. The molecule has 0 aliphatic rings. The summed E-state index contributed by atoms with van der Waals surface area (Å²) in [5.74, 6) is 3.36. The molecular formula is C12H6ClF3N2. The minimum atomic E-state index is -0.849. The lowest BCUT2D eigenvalue weighted by Gasteiger charge is -1.97. The zero-order valence-electron chi connectivity index (χ0n) is 8.90. The summed E-state index contributed by atoms with van der Waals surface area (Å²) in [6, 6.07) is 3.05. The number of aromatic amines is 1. The number of hydrogen-bond donors (Lipinski definition) is 1. The molecule has 92 valence electrons. The maximum Gasteiger partial charge on any atom is 0.143 e. The Morgan fingerprint density at radius 3 is 2.61 bits per heavy atom. The van der Waals surface area contributed by atoms with Crippen LogP contribution in [0.15, 0.2) is 18.2 Å². The minimum Gasteiger partial charge on any atom is -0.270 e. The summed E-state index contributed by atoms with van der Waals surface area (Å²) >= 11 is 5.67. The van der Waals surface area contributed by atoms with Crippen LogP contribution in [0.2, 0.25) is 5.02 Å². The summed E-state index contributed by atoms with van der Waals surface area (Å²) in [5.41, 5.74) is 0.405. The normalized spacial score (nSPS) is 10.0. The lowest BCUT2D eigenvalue weighted by atomic mass is 10.2. The molecule has 2 rings (SSSR count). The maximum atomic E-state index is 13.4. The molecule has 1 N–H and O–H groups in total. The number of hydrogen-bond acceptors (Lipinski definition) is 1. The molecule has 2 nitrogen and oxygen atoms in total. The average Bonchev–Trinajstić information content (AvgIpc) is 2.75. The second-order valence-corrected chi connectivity index (χ2v) is 3.81. The van der Waals surface area contributed by atoms with Crippen molar-refractivity contribution in [1.29, 1.82) is 0 Å². The van der Waals surface area contributed by atoms with E-state index in [-0.39, 0.29) is 16.3 Å². The van der Waals surface area contributed by atoms with Gasteiger partial charge < -0.3 is 0 Å². The Bertz CT molecular complexity index is 617. The number of alkyl halides is 1. The van der Waals surface area contributed by atoms with Gasteiger partial charge >= 0.3 is 0 Å². The third-order valence-corrected chi connectivity index (χ3v) is 2.39. The van der Waals surface area contributed by atoms with E-state index in [1.807, 2.05) is 0 Å². The SMILES string of the molecule is FCc1cc(C#Cc2c(F)cc(F)cc2Cl)[nH]n1. The van der Waals surface area contributed by atoms with Gasteiger partial charge in [0.1, 0.15) is 24.0 Å². The minimum absolute atomic E-state index is 0.116. The zero-order valence-corrected chi connectivity index (χ0v) is 9.65. The molecule has 0 fully saturated rings. The van der Waals surface area contributed by atoms with Gasteiger partial charge in [-0.2, -0.15) is 5.10 Å². The predicted molar refractivity (Wildman–Crippen MR) is 60.7 cm³/mol. The summed E-state index contributed by atoms with van der Waals surface area (Å²) in [6.07, 6.45) is 0. The zero-order chi connectivity index (χ0) is 13.1. The Morgan fingerprint density at radius 2 is 2.00 bits per heavy atom. The molecule has 6 heteroatoms. The number of H-pyrrole nitrogens is 1. The van der Waals surface area contributed by atoms with Crippen molar-refractivity contribution in [1.82, 2.24) is 10.2 Å². The van der Waals surface area contributed by atoms with Gasteiger partial charge in [-0.1, -0.05) is 17.5 Å². The highest BCUT2D eigenvalue weighted by atomic mass is 35.5. The molecule has 0 aliphatic heterocycles. The lowest BCUT2D eigenvalue weighted by molar-refractivity contribution is 0.475. The number of benzene rings is 1. The van der Waals surface area contributed by atoms with Crippen molar-refractivity contribution in [2.45, 2.75) is 6.67 Å². The van der Waals surface area contributed by atoms with Crippen LogP contribution in [0.25, 0.3) is 0 Å². The van der Waals surface area contributed by atoms with E-state index >= 15 is 0 Å². The number of rotatable bonds is 1. The quantitative estimate of drug-likeness (QED) is 0.792. The number of nitrogens with one attached hydrogen (secondary N) is 1. The maximum absolute atomic E-state index is 13.4. The molecule has 0 bridgehead atoms. The van der Waals surface area contributed by atoms with Gasteiger partial charge in [0.2, 0.25) is 0 Å². The molecule has 0 aliphatic carbocycles. The van der Waals surface area contributed by atoms with Crippen molar-refractivity contribution in [2.75, 3.05) is 0 Å². The lowest BCUT2D eigenvalue weighted by Crippen LogP contribution is -1.88. The molecule has 0 unspecified atom stereocenters. The smallest absolute Gasteiger partial charge is 0.143 e. The van der Waals surface area contributed by atoms with Crippen molar-refractivity contribution >= 4 is 11.6 Å². The van der Waals surface area contributed by atoms with Crippen LogP contribution in [0.5, 0.6) is 0 Å². The average molecular weight is 271 g/mol. The Morgan fingerprint density at radius 1 is 1.22 bits per heavy atom. The molecule has 1 heterocycles. The second-order valence-electron chi connectivity index (χ2n) is 3.40. The van der Waals surface area contributed by atoms with Crippen LogP contribution in [0.1, 0.15) is 17.0 Å². The molecule has 2 aromatic rings. The summed E-state index contributed by atoms with van der Waals surface area (Å²) in [6.45, 7) is -0.718. The number of halogens is 4. The van der Waals surface area contributed by atoms with Crippen molar-refractivity contribution < 1.29 is 13.2 Å². The van der Waals surface area contributed by atoms with Crippen molar-refractivity contribution in [3.8, 4) is 11.8 Å². The van der Waals surface area contributed by atoms with Gasteiger partial charge in [-0.3, -0.25) is 5.10 Å². The van der Waals surface area contributed by atoms with Gasteiger partial charge in [0.05, 0.1) is 16.3 Å². The van der Waals surface area contributed by atoms with Crippen molar-refractivity contribution in [3.63, 3.8) is 0 Å². The first-order chi connectivity index (χ1) is 8.60.